The molecule has 0 amide bonds. The Labute approximate surface area is 171 Å². The summed E-state index contributed by atoms with van der Waals surface area (Å²) in [7, 11) is 0. The van der Waals surface area contributed by atoms with Crippen LogP contribution in [0, 0.1) is 6.92 Å². The van der Waals surface area contributed by atoms with Crippen molar-refractivity contribution in [3.8, 4) is 28.1 Å². The third-order valence-electron chi connectivity index (χ3n) is 5.12. The van der Waals surface area contributed by atoms with Gasteiger partial charge in [-0.25, -0.2) is 4.79 Å². The average Bonchev–Trinajstić information content (AvgIpc) is 3.07. The summed E-state index contributed by atoms with van der Waals surface area (Å²) in [5, 5.41) is 13.0. The first-order valence-corrected chi connectivity index (χ1v) is 9.54. The van der Waals surface area contributed by atoms with E-state index in [9.17, 15) is 9.90 Å². The molecule has 29 heavy (non-hydrogen) atoms. The highest BCUT2D eigenvalue weighted by Crippen LogP contribution is 2.42. The molecule has 2 aromatic heterocycles. The van der Waals surface area contributed by atoms with Gasteiger partial charge in [0.15, 0.2) is 0 Å². The van der Waals surface area contributed by atoms with Crippen LogP contribution in [-0.2, 0) is 0 Å². The molecule has 0 aliphatic carbocycles. The second-order valence-electron chi connectivity index (χ2n) is 7.04. The SMILES string of the molecule is Cc1ccc2[nH]c(-c3c(O)c4ccccc4oc3=O)c(-c3ccc(Cl)cc3)c2c1. The lowest BCUT2D eigenvalue weighted by Crippen LogP contribution is -2.04. The van der Waals surface area contributed by atoms with Gasteiger partial charge in [0.2, 0.25) is 0 Å². The molecule has 0 bridgehead atoms. The first kappa shape index (κ1) is 17.6. The molecule has 0 spiro atoms. The van der Waals surface area contributed by atoms with Crippen LogP contribution in [-0.4, -0.2) is 10.1 Å². The zero-order valence-electron chi connectivity index (χ0n) is 15.5. The minimum absolute atomic E-state index is 0.102. The van der Waals surface area contributed by atoms with Crippen LogP contribution in [0.3, 0.4) is 0 Å². The van der Waals surface area contributed by atoms with E-state index in [0.29, 0.717) is 21.7 Å². The van der Waals surface area contributed by atoms with Gasteiger partial charge in [0.25, 0.3) is 0 Å². The number of aryl methyl sites for hydroxylation is 1. The van der Waals surface area contributed by atoms with E-state index in [-0.39, 0.29) is 11.3 Å². The largest absolute Gasteiger partial charge is 0.506 e. The molecule has 4 nitrogen and oxygen atoms in total. The lowest BCUT2D eigenvalue weighted by atomic mass is 9.97. The van der Waals surface area contributed by atoms with Gasteiger partial charge in [-0.1, -0.05) is 47.5 Å². The first-order valence-electron chi connectivity index (χ1n) is 9.16. The highest BCUT2D eigenvalue weighted by Gasteiger charge is 2.23. The summed E-state index contributed by atoms with van der Waals surface area (Å²) >= 11 is 6.08. The number of hydrogen-bond donors (Lipinski definition) is 2. The molecule has 5 rings (SSSR count). The van der Waals surface area contributed by atoms with Crippen molar-refractivity contribution < 1.29 is 9.52 Å². The number of rotatable bonds is 2. The molecule has 2 N–H and O–H groups in total. The summed E-state index contributed by atoms with van der Waals surface area (Å²) in [6, 6.07) is 20.4. The van der Waals surface area contributed by atoms with Crippen molar-refractivity contribution >= 4 is 33.5 Å². The maximum absolute atomic E-state index is 12.9. The van der Waals surface area contributed by atoms with Crippen LogP contribution in [0.15, 0.2) is 75.9 Å². The zero-order valence-corrected chi connectivity index (χ0v) is 16.2. The number of fused-ring (bicyclic) bond motifs is 2. The second kappa shape index (κ2) is 6.54. The highest BCUT2D eigenvalue weighted by atomic mass is 35.5. The minimum Gasteiger partial charge on any atom is -0.506 e. The molecule has 0 saturated carbocycles. The van der Waals surface area contributed by atoms with Crippen LogP contribution >= 0.6 is 11.6 Å². The van der Waals surface area contributed by atoms with Crippen LogP contribution in [0.5, 0.6) is 5.75 Å². The van der Waals surface area contributed by atoms with E-state index < -0.39 is 5.63 Å². The van der Waals surface area contributed by atoms with Gasteiger partial charge in [-0.2, -0.15) is 0 Å². The number of aromatic nitrogens is 1. The van der Waals surface area contributed by atoms with Gasteiger partial charge in [0.05, 0.1) is 11.1 Å². The van der Waals surface area contributed by atoms with Gasteiger partial charge < -0.3 is 14.5 Å². The molecule has 0 saturated heterocycles. The van der Waals surface area contributed by atoms with Gasteiger partial charge in [0, 0.05) is 21.5 Å². The van der Waals surface area contributed by atoms with Gasteiger partial charge in [0.1, 0.15) is 16.9 Å². The molecule has 0 aliphatic heterocycles. The summed E-state index contributed by atoms with van der Waals surface area (Å²) in [4.78, 5) is 16.2. The van der Waals surface area contributed by atoms with Crippen molar-refractivity contribution in [2.75, 3.05) is 0 Å². The molecule has 0 atom stereocenters. The van der Waals surface area contributed by atoms with Gasteiger partial charge in [-0.15, -0.1) is 0 Å². The topological polar surface area (TPSA) is 66.2 Å². The van der Waals surface area contributed by atoms with Crippen LogP contribution < -0.4 is 5.63 Å². The third kappa shape index (κ3) is 2.80. The molecule has 5 aromatic rings. The Kier molecular flexibility index (Phi) is 3.96. The Morgan fingerprint density at radius 1 is 0.931 bits per heavy atom. The minimum atomic E-state index is -0.598. The molecular formula is C24H16ClNO3. The summed E-state index contributed by atoms with van der Waals surface area (Å²) in [5.41, 5.74) is 4.04. The smallest absolute Gasteiger partial charge is 0.349 e. The number of para-hydroxylation sites is 1. The summed E-state index contributed by atoms with van der Waals surface area (Å²) < 4.78 is 5.50. The van der Waals surface area contributed by atoms with Crippen LogP contribution in [0.4, 0.5) is 0 Å². The summed E-state index contributed by atoms with van der Waals surface area (Å²) in [5.74, 6) is -0.102. The number of benzene rings is 3. The normalized spacial score (nSPS) is 11.4. The fourth-order valence-corrected chi connectivity index (χ4v) is 3.89. The second-order valence-corrected chi connectivity index (χ2v) is 7.48. The van der Waals surface area contributed by atoms with E-state index >= 15 is 0 Å². The quantitative estimate of drug-likeness (QED) is 0.342. The van der Waals surface area contributed by atoms with Crippen LogP contribution in [0.25, 0.3) is 44.3 Å². The number of aromatic amines is 1. The molecule has 0 aliphatic rings. The number of halogens is 1. The standard InChI is InChI=1S/C24H16ClNO3/c1-13-6-11-18-17(12-13)20(14-7-9-15(25)10-8-14)22(26-18)21-23(27)16-4-2-3-5-19(16)29-24(21)28/h2-12,26-27H,1H3. The Morgan fingerprint density at radius 3 is 2.48 bits per heavy atom. The first-order chi connectivity index (χ1) is 14.0. The molecule has 0 radical (unpaired) electrons. The summed E-state index contributed by atoms with van der Waals surface area (Å²) in [6.45, 7) is 2.01. The van der Waals surface area contributed by atoms with Crippen LogP contribution in [0.2, 0.25) is 5.02 Å². The van der Waals surface area contributed by atoms with Crippen molar-refractivity contribution in [3.63, 3.8) is 0 Å². The van der Waals surface area contributed by atoms with Crippen molar-refractivity contribution in [2.45, 2.75) is 6.92 Å². The van der Waals surface area contributed by atoms with Gasteiger partial charge >= 0.3 is 5.63 Å². The average molecular weight is 402 g/mol. The molecule has 3 aromatic carbocycles. The number of hydrogen-bond acceptors (Lipinski definition) is 3. The predicted molar refractivity (Wildman–Crippen MR) is 117 cm³/mol. The van der Waals surface area contributed by atoms with Crippen molar-refractivity contribution in [1.29, 1.82) is 0 Å². The Balaban J connectivity index is 1.91. The van der Waals surface area contributed by atoms with Crippen molar-refractivity contribution in [1.82, 2.24) is 4.98 Å². The molecule has 0 unspecified atom stereocenters. The molecular weight excluding hydrogens is 386 g/mol. The number of nitrogens with one attached hydrogen (secondary N) is 1. The van der Waals surface area contributed by atoms with E-state index in [2.05, 4.69) is 11.1 Å². The van der Waals surface area contributed by atoms with E-state index in [1.54, 1.807) is 36.4 Å². The van der Waals surface area contributed by atoms with Crippen LogP contribution in [0.1, 0.15) is 5.56 Å². The lowest BCUT2D eigenvalue weighted by molar-refractivity contribution is 0.471. The monoisotopic (exact) mass is 401 g/mol. The fraction of sp³-hybridized carbons (Fsp3) is 0.0417. The Morgan fingerprint density at radius 2 is 1.69 bits per heavy atom. The maximum Gasteiger partial charge on any atom is 0.349 e. The van der Waals surface area contributed by atoms with Gasteiger partial charge in [-0.05, 0) is 48.9 Å². The van der Waals surface area contributed by atoms with E-state index in [0.717, 1.165) is 27.6 Å². The van der Waals surface area contributed by atoms with E-state index in [1.165, 1.54) is 0 Å². The third-order valence-corrected chi connectivity index (χ3v) is 5.37. The predicted octanol–water partition coefficient (Wildman–Crippen LogP) is 6.28. The fourth-order valence-electron chi connectivity index (χ4n) is 3.76. The summed E-state index contributed by atoms with van der Waals surface area (Å²) in [6.07, 6.45) is 0. The maximum atomic E-state index is 12.9. The van der Waals surface area contributed by atoms with Gasteiger partial charge in [-0.3, -0.25) is 0 Å². The van der Waals surface area contributed by atoms with E-state index in [1.807, 2.05) is 31.2 Å². The Bertz CT molecular complexity index is 1450. The zero-order chi connectivity index (χ0) is 20.1. The Hall–Kier alpha value is -3.50. The number of aromatic hydroxyl groups is 1. The van der Waals surface area contributed by atoms with Crippen molar-refractivity contribution in [2.24, 2.45) is 0 Å². The van der Waals surface area contributed by atoms with Crippen molar-refractivity contribution in [3.05, 3.63) is 87.7 Å². The van der Waals surface area contributed by atoms with E-state index in [4.69, 9.17) is 16.0 Å². The lowest BCUT2D eigenvalue weighted by Gasteiger charge is -2.09. The molecule has 5 heteroatoms. The number of H-pyrrole nitrogens is 1. The molecule has 0 fully saturated rings. The highest BCUT2D eigenvalue weighted by molar-refractivity contribution is 6.30. The molecule has 142 valence electrons. The molecule has 2 heterocycles.